The van der Waals surface area contributed by atoms with Crippen molar-refractivity contribution in [2.45, 2.75) is 18.4 Å². The molecular formula is C15H16FNO3S. The van der Waals surface area contributed by atoms with E-state index < -0.39 is 20.7 Å². The Kier molecular flexibility index (Phi) is 4.29. The maximum atomic E-state index is 13.9. The molecular weight excluding hydrogens is 293 g/mol. The van der Waals surface area contributed by atoms with Gasteiger partial charge in [-0.25, -0.2) is 12.8 Å². The molecule has 0 aromatic heterocycles. The number of rotatable bonds is 4. The van der Waals surface area contributed by atoms with E-state index in [2.05, 4.69) is 0 Å². The molecule has 6 heteroatoms. The molecule has 0 heterocycles. The van der Waals surface area contributed by atoms with Crippen molar-refractivity contribution in [3.05, 3.63) is 59.4 Å². The zero-order valence-electron chi connectivity index (χ0n) is 11.7. The zero-order chi connectivity index (χ0) is 15.6. The molecule has 0 radical (unpaired) electrons. The summed E-state index contributed by atoms with van der Waals surface area (Å²) in [6.07, 6.45) is 0. The van der Waals surface area contributed by atoms with E-state index in [1.165, 1.54) is 13.1 Å². The van der Waals surface area contributed by atoms with Gasteiger partial charge in [-0.3, -0.25) is 4.31 Å². The van der Waals surface area contributed by atoms with Crippen molar-refractivity contribution in [3.8, 4) is 0 Å². The second kappa shape index (κ2) is 5.83. The number of benzene rings is 2. The fourth-order valence-corrected chi connectivity index (χ4v) is 3.41. The quantitative estimate of drug-likeness (QED) is 0.944. The van der Waals surface area contributed by atoms with Crippen LogP contribution in [-0.4, -0.2) is 20.6 Å². The average molecular weight is 309 g/mol. The van der Waals surface area contributed by atoms with Gasteiger partial charge in [0.25, 0.3) is 10.0 Å². The van der Waals surface area contributed by atoms with Crippen LogP contribution >= 0.6 is 0 Å². The number of halogens is 1. The number of hydrogen-bond donors (Lipinski definition) is 1. The molecule has 0 saturated heterocycles. The minimum atomic E-state index is -4.03. The van der Waals surface area contributed by atoms with Gasteiger partial charge in [-0.05, 0) is 36.2 Å². The monoisotopic (exact) mass is 309 g/mol. The van der Waals surface area contributed by atoms with Crippen LogP contribution in [0.2, 0.25) is 0 Å². The molecule has 0 amide bonds. The number of hydrogen-bond acceptors (Lipinski definition) is 3. The first kappa shape index (κ1) is 15.5. The Hall–Kier alpha value is -1.92. The van der Waals surface area contributed by atoms with Gasteiger partial charge in [0.2, 0.25) is 0 Å². The Morgan fingerprint density at radius 2 is 1.86 bits per heavy atom. The topological polar surface area (TPSA) is 57.6 Å². The molecule has 0 saturated carbocycles. The Balaban J connectivity index is 2.54. The Morgan fingerprint density at radius 1 is 1.19 bits per heavy atom. The molecule has 2 aromatic carbocycles. The van der Waals surface area contributed by atoms with Gasteiger partial charge in [0.1, 0.15) is 10.7 Å². The third kappa shape index (κ3) is 2.91. The second-order valence-electron chi connectivity index (χ2n) is 4.68. The summed E-state index contributed by atoms with van der Waals surface area (Å²) in [6, 6.07) is 10.5. The van der Waals surface area contributed by atoms with Crippen molar-refractivity contribution in [2.75, 3.05) is 11.4 Å². The van der Waals surface area contributed by atoms with Crippen molar-refractivity contribution < 1.29 is 17.9 Å². The van der Waals surface area contributed by atoms with Crippen molar-refractivity contribution >= 4 is 15.7 Å². The van der Waals surface area contributed by atoms with E-state index in [-0.39, 0.29) is 6.61 Å². The van der Waals surface area contributed by atoms with Gasteiger partial charge in [-0.15, -0.1) is 0 Å². The largest absolute Gasteiger partial charge is 0.392 e. The summed E-state index contributed by atoms with van der Waals surface area (Å²) in [5.41, 5.74) is 1.58. The lowest BCUT2D eigenvalue weighted by molar-refractivity contribution is 0.281. The molecule has 0 aliphatic carbocycles. The standard InChI is InChI=1S/C15H16FNO3S/c1-11-5-3-4-6-14(11)17(2)21(19,20)15-9-12(10-18)7-8-13(15)16/h3-9,18H,10H2,1-2H3. The molecule has 0 unspecified atom stereocenters. The third-order valence-electron chi connectivity index (χ3n) is 3.27. The smallest absolute Gasteiger partial charge is 0.267 e. The first-order chi connectivity index (χ1) is 9.87. The molecule has 2 rings (SSSR count). The molecule has 0 atom stereocenters. The van der Waals surface area contributed by atoms with Gasteiger partial charge in [-0.1, -0.05) is 24.3 Å². The van der Waals surface area contributed by atoms with Crippen LogP contribution in [0.3, 0.4) is 0 Å². The first-order valence-electron chi connectivity index (χ1n) is 6.31. The highest BCUT2D eigenvalue weighted by Gasteiger charge is 2.26. The molecule has 0 bridgehead atoms. The lowest BCUT2D eigenvalue weighted by Crippen LogP contribution is -2.28. The van der Waals surface area contributed by atoms with Crippen LogP contribution in [0.1, 0.15) is 11.1 Å². The van der Waals surface area contributed by atoms with E-state index in [1.807, 2.05) is 0 Å². The molecule has 4 nitrogen and oxygen atoms in total. The first-order valence-corrected chi connectivity index (χ1v) is 7.76. The molecule has 2 aromatic rings. The zero-order valence-corrected chi connectivity index (χ0v) is 12.6. The molecule has 0 fully saturated rings. The molecule has 1 N–H and O–H groups in total. The number of anilines is 1. The Bertz CT molecular complexity index is 759. The molecule has 0 aliphatic heterocycles. The van der Waals surface area contributed by atoms with E-state index in [0.717, 1.165) is 22.0 Å². The van der Waals surface area contributed by atoms with Crippen LogP contribution in [0, 0.1) is 12.7 Å². The number of para-hydroxylation sites is 1. The molecule has 0 spiro atoms. The van der Waals surface area contributed by atoms with Crippen LogP contribution in [-0.2, 0) is 16.6 Å². The van der Waals surface area contributed by atoms with Crippen molar-refractivity contribution in [1.82, 2.24) is 0 Å². The third-order valence-corrected chi connectivity index (χ3v) is 5.06. The summed E-state index contributed by atoms with van der Waals surface area (Å²) in [6.45, 7) is 1.43. The Morgan fingerprint density at radius 3 is 2.48 bits per heavy atom. The van der Waals surface area contributed by atoms with E-state index in [4.69, 9.17) is 5.11 Å². The van der Waals surface area contributed by atoms with Gasteiger partial charge < -0.3 is 5.11 Å². The molecule has 21 heavy (non-hydrogen) atoms. The minimum absolute atomic E-state index is 0.341. The maximum Gasteiger partial charge on any atom is 0.267 e. The van der Waals surface area contributed by atoms with E-state index in [1.54, 1.807) is 31.2 Å². The van der Waals surface area contributed by atoms with E-state index in [9.17, 15) is 12.8 Å². The maximum absolute atomic E-state index is 13.9. The van der Waals surface area contributed by atoms with E-state index in [0.29, 0.717) is 11.3 Å². The summed E-state index contributed by atoms with van der Waals surface area (Å²) in [5.74, 6) is -0.840. The number of aliphatic hydroxyl groups is 1. The Labute approximate surface area is 123 Å². The summed E-state index contributed by atoms with van der Waals surface area (Å²) < 4.78 is 40.1. The summed E-state index contributed by atoms with van der Waals surface area (Å²) >= 11 is 0. The lowest BCUT2D eigenvalue weighted by atomic mass is 10.2. The summed E-state index contributed by atoms with van der Waals surface area (Å²) in [4.78, 5) is -0.445. The average Bonchev–Trinajstić information content (AvgIpc) is 2.47. The predicted molar refractivity (Wildman–Crippen MR) is 79.1 cm³/mol. The highest BCUT2D eigenvalue weighted by Crippen LogP contribution is 2.27. The van der Waals surface area contributed by atoms with Gasteiger partial charge in [0.15, 0.2) is 0 Å². The van der Waals surface area contributed by atoms with Crippen LogP contribution in [0.5, 0.6) is 0 Å². The number of aliphatic hydroxyl groups excluding tert-OH is 1. The van der Waals surface area contributed by atoms with Gasteiger partial charge in [-0.2, -0.15) is 0 Å². The normalized spacial score (nSPS) is 11.4. The van der Waals surface area contributed by atoms with Crippen LogP contribution in [0.25, 0.3) is 0 Å². The number of sulfonamides is 1. The second-order valence-corrected chi connectivity index (χ2v) is 6.62. The van der Waals surface area contributed by atoms with Crippen molar-refractivity contribution in [1.29, 1.82) is 0 Å². The van der Waals surface area contributed by atoms with E-state index >= 15 is 0 Å². The van der Waals surface area contributed by atoms with Crippen molar-refractivity contribution in [2.24, 2.45) is 0 Å². The van der Waals surface area contributed by atoms with Gasteiger partial charge in [0.05, 0.1) is 12.3 Å². The number of nitrogens with zero attached hydrogens (tertiary/aromatic N) is 1. The van der Waals surface area contributed by atoms with Crippen LogP contribution in [0.4, 0.5) is 10.1 Å². The highest BCUT2D eigenvalue weighted by atomic mass is 32.2. The fraction of sp³-hybridized carbons (Fsp3) is 0.200. The SMILES string of the molecule is Cc1ccccc1N(C)S(=O)(=O)c1cc(CO)ccc1F. The van der Waals surface area contributed by atoms with Crippen LogP contribution in [0.15, 0.2) is 47.4 Å². The lowest BCUT2D eigenvalue weighted by Gasteiger charge is -2.21. The fourth-order valence-electron chi connectivity index (χ4n) is 2.04. The van der Waals surface area contributed by atoms with Crippen molar-refractivity contribution in [3.63, 3.8) is 0 Å². The number of aryl methyl sites for hydroxylation is 1. The summed E-state index contributed by atoms with van der Waals surface area (Å²) in [7, 11) is -2.65. The molecule has 0 aliphatic rings. The van der Waals surface area contributed by atoms with Crippen LogP contribution < -0.4 is 4.31 Å². The predicted octanol–water partition coefficient (Wildman–Crippen LogP) is 2.45. The minimum Gasteiger partial charge on any atom is -0.392 e. The molecule has 112 valence electrons. The highest BCUT2D eigenvalue weighted by molar-refractivity contribution is 7.92. The van der Waals surface area contributed by atoms with Gasteiger partial charge >= 0.3 is 0 Å². The van der Waals surface area contributed by atoms with Gasteiger partial charge in [0, 0.05) is 7.05 Å². The summed E-state index contributed by atoms with van der Waals surface area (Å²) in [5, 5.41) is 9.09.